The van der Waals surface area contributed by atoms with Gasteiger partial charge < -0.3 is 0 Å². The second kappa shape index (κ2) is 5.16. The standard InChI is InChI=1S/C13H19O/c1-4-13(14)12-7-5-11(6-8-12)9-10(2)3/h5-8,10,13H,4,9H2,1-3H3. The van der Waals surface area contributed by atoms with Crippen LogP contribution in [-0.2, 0) is 11.5 Å². The van der Waals surface area contributed by atoms with Crippen LogP contribution in [0.4, 0.5) is 0 Å². The van der Waals surface area contributed by atoms with E-state index in [1.165, 1.54) is 5.56 Å². The molecule has 1 unspecified atom stereocenters. The average molecular weight is 191 g/mol. The van der Waals surface area contributed by atoms with Crippen molar-refractivity contribution in [3.8, 4) is 0 Å². The summed E-state index contributed by atoms with van der Waals surface area (Å²) in [6.45, 7) is 6.34. The highest BCUT2D eigenvalue weighted by Crippen LogP contribution is 2.18. The maximum Gasteiger partial charge on any atom is 0.118 e. The second-order valence-corrected chi connectivity index (χ2v) is 4.24. The smallest absolute Gasteiger partial charge is 0.118 e. The predicted molar refractivity (Wildman–Crippen MR) is 58.7 cm³/mol. The molecule has 1 atom stereocenters. The van der Waals surface area contributed by atoms with Crippen LogP contribution >= 0.6 is 0 Å². The van der Waals surface area contributed by atoms with Crippen molar-refractivity contribution in [2.75, 3.05) is 0 Å². The number of rotatable bonds is 4. The molecule has 0 aliphatic heterocycles. The van der Waals surface area contributed by atoms with Gasteiger partial charge in [0.1, 0.15) is 6.10 Å². The van der Waals surface area contributed by atoms with E-state index in [9.17, 15) is 5.11 Å². The van der Waals surface area contributed by atoms with E-state index in [0.29, 0.717) is 12.3 Å². The van der Waals surface area contributed by atoms with Gasteiger partial charge in [0.25, 0.3) is 0 Å². The first-order chi connectivity index (χ1) is 6.63. The lowest BCUT2D eigenvalue weighted by atomic mass is 10.00. The summed E-state index contributed by atoms with van der Waals surface area (Å²) in [5, 5.41) is 11.4. The predicted octanol–water partition coefficient (Wildman–Crippen LogP) is 3.77. The van der Waals surface area contributed by atoms with Crippen molar-refractivity contribution in [2.45, 2.75) is 39.7 Å². The van der Waals surface area contributed by atoms with E-state index in [-0.39, 0.29) is 0 Å². The molecule has 77 valence electrons. The average Bonchev–Trinajstić information content (AvgIpc) is 2.17. The summed E-state index contributed by atoms with van der Waals surface area (Å²) < 4.78 is 0. The van der Waals surface area contributed by atoms with Crippen LogP contribution < -0.4 is 0 Å². The lowest BCUT2D eigenvalue weighted by Gasteiger charge is -2.08. The van der Waals surface area contributed by atoms with Crippen molar-refractivity contribution < 1.29 is 5.11 Å². The van der Waals surface area contributed by atoms with Gasteiger partial charge in [-0.3, -0.25) is 0 Å². The Morgan fingerprint density at radius 3 is 2.14 bits per heavy atom. The van der Waals surface area contributed by atoms with E-state index in [4.69, 9.17) is 0 Å². The molecule has 14 heavy (non-hydrogen) atoms. The fourth-order valence-corrected chi connectivity index (χ4v) is 1.58. The minimum absolute atomic E-state index is 0.553. The zero-order valence-corrected chi connectivity index (χ0v) is 9.29. The summed E-state index contributed by atoms with van der Waals surface area (Å²) in [7, 11) is 0. The van der Waals surface area contributed by atoms with Gasteiger partial charge in [-0.05, 0) is 29.9 Å². The Labute approximate surface area is 86.8 Å². The molecule has 0 bridgehead atoms. The van der Waals surface area contributed by atoms with E-state index in [1.807, 2.05) is 19.1 Å². The van der Waals surface area contributed by atoms with Crippen molar-refractivity contribution in [2.24, 2.45) is 5.92 Å². The second-order valence-electron chi connectivity index (χ2n) is 4.24. The molecule has 1 nitrogen and oxygen atoms in total. The van der Waals surface area contributed by atoms with Crippen LogP contribution in [0.15, 0.2) is 24.3 Å². The van der Waals surface area contributed by atoms with Gasteiger partial charge in [0.05, 0.1) is 0 Å². The molecule has 1 aromatic carbocycles. The van der Waals surface area contributed by atoms with Crippen LogP contribution in [0.1, 0.15) is 44.4 Å². The molecule has 0 saturated heterocycles. The molecule has 0 N–H and O–H groups in total. The van der Waals surface area contributed by atoms with Gasteiger partial charge in [-0.1, -0.05) is 45.0 Å². The molecule has 0 aromatic heterocycles. The van der Waals surface area contributed by atoms with Crippen molar-refractivity contribution in [3.05, 3.63) is 35.4 Å². The van der Waals surface area contributed by atoms with E-state index in [1.54, 1.807) is 0 Å². The van der Waals surface area contributed by atoms with Crippen molar-refractivity contribution in [1.82, 2.24) is 0 Å². The van der Waals surface area contributed by atoms with Gasteiger partial charge in [-0.25, -0.2) is 5.11 Å². The highest BCUT2D eigenvalue weighted by molar-refractivity contribution is 5.24. The molecular formula is C13H19O. The molecule has 1 heteroatoms. The summed E-state index contributed by atoms with van der Waals surface area (Å²) in [4.78, 5) is 0. The van der Waals surface area contributed by atoms with Gasteiger partial charge in [-0.2, -0.15) is 0 Å². The molecule has 0 saturated carbocycles. The highest BCUT2D eigenvalue weighted by atomic mass is 16.3. The van der Waals surface area contributed by atoms with Gasteiger partial charge in [0, 0.05) is 0 Å². The lowest BCUT2D eigenvalue weighted by molar-refractivity contribution is 0.0857. The van der Waals surface area contributed by atoms with Crippen LogP contribution in [0.3, 0.4) is 0 Å². The first kappa shape index (κ1) is 11.3. The SMILES string of the molecule is CCC([O])c1ccc(CC(C)C)cc1. The van der Waals surface area contributed by atoms with Gasteiger partial charge in [0.2, 0.25) is 0 Å². The lowest BCUT2D eigenvalue weighted by Crippen LogP contribution is -1.96. The molecule has 0 aliphatic rings. The van der Waals surface area contributed by atoms with Crippen LogP contribution in [0.5, 0.6) is 0 Å². The first-order valence-corrected chi connectivity index (χ1v) is 5.38. The topological polar surface area (TPSA) is 19.9 Å². The Hall–Kier alpha value is -0.820. The minimum Gasteiger partial charge on any atom is -0.228 e. The summed E-state index contributed by atoms with van der Waals surface area (Å²) >= 11 is 0. The van der Waals surface area contributed by atoms with Crippen molar-refractivity contribution >= 4 is 0 Å². The maximum absolute atomic E-state index is 11.4. The third-order valence-corrected chi connectivity index (χ3v) is 2.37. The molecule has 0 aliphatic carbocycles. The fraction of sp³-hybridized carbons (Fsp3) is 0.538. The Balaban J connectivity index is 2.68. The number of hydrogen-bond acceptors (Lipinski definition) is 0. The molecule has 1 rings (SSSR count). The monoisotopic (exact) mass is 191 g/mol. The van der Waals surface area contributed by atoms with Gasteiger partial charge >= 0.3 is 0 Å². The Morgan fingerprint density at radius 1 is 1.14 bits per heavy atom. The Bertz CT molecular complexity index is 261. The van der Waals surface area contributed by atoms with Crippen molar-refractivity contribution in [3.63, 3.8) is 0 Å². The number of benzene rings is 1. The van der Waals surface area contributed by atoms with Gasteiger partial charge in [-0.15, -0.1) is 0 Å². The molecular weight excluding hydrogens is 172 g/mol. The quantitative estimate of drug-likeness (QED) is 0.690. The summed E-state index contributed by atoms with van der Waals surface area (Å²) in [5.41, 5.74) is 2.24. The Morgan fingerprint density at radius 2 is 1.71 bits per heavy atom. The molecule has 0 fully saturated rings. The fourth-order valence-electron chi connectivity index (χ4n) is 1.58. The van der Waals surface area contributed by atoms with Crippen LogP contribution in [-0.4, -0.2) is 0 Å². The van der Waals surface area contributed by atoms with Crippen LogP contribution in [0, 0.1) is 5.92 Å². The minimum atomic E-state index is -0.553. The van der Waals surface area contributed by atoms with E-state index >= 15 is 0 Å². The number of hydrogen-bond donors (Lipinski definition) is 0. The first-order valence-electron chi connectivity index (χ1n) is 5.38. The zero-order valence-electron chi connectivity index (χ0n) is 9.29. The summed E-state index contributed by atoms with van der Waals surface area (Å²) in [6.07, 6.45) is 1.21. The van der Waals surface area contributed by atoms with E-state index in [0.717, 1.165) is 12.0 Å². The summed E-state index contributed by atoms with van der Waals surface area (Å²) in [5.74, 6) is 0.676. The van der Waals surface area contributed by atoms with E-state index < -0.39 is 6.10 Å². The Kier molecular flexibility index (Phi) is 4.15. The maximum atomic E-state index is 11.4. The van der Waals surface area contributed by atoms with Gasteiger partial charge in [0.15, 0.2) is 0 Å². The molecule has 0 amide bonds. The molecule has 1 radical (unpaired) electrons. The third kappa shape index (κ3) is 3.15. The van der Waals surface area contributed by atoms with Crippen LogP contribution in [0.25, 0.3) is 0 Å². The van der Waals surface area contributed by atoms with E-state index in [2.05, 4.69) is 26.0 Å². The molecule has 1 aromatic rings. The largest absolute Gasteiger partial charge is 0.228 e. The third-order valence-electron chi connectivity index (χ3n) is 2.37. The zero-order chi connectivity index (χ0) is 10.6. The molecule has 0 spiro atoms. The summed E-state index contributed by atoms with van der Waals surface area (Å²) in [6, 6.07) is 8.10. The molecule has 0 heterocycles. The van der Waals surface area contributed by atoms with Crippen molar-refractivity contribution in [1.29, 1.82) is 0 Å². The van der Waals surface area contributed by atoms with Crippen LogP contribution in [0.2, 0.25) is 0 Å². The highest BCUT2D eigenvalue weighted by Gasteiger charge is 2.06. The normalized spacial score (nSPS) is 13.2.